The summed E-state index contributed by atoms with van der Waals surface area (Å²) >= 11 is 0. The van der Waals surface area contributed by atoms with Gasteiger partial charge in [0.1, 0.15) is 0 Å². The third kappa shape index (κ3) is 4.99. The number of aryl methyl sites for hydroxylation is 2. The molecule has 0 atom stereocenters. The number of anilines is 1. The quantitative estimate of drug-likeness (QED) is 0.415. The molecule has 0 bridgehead atoms. The van der Waals surface area contributed by atoms with Gasteiger partial charge in [0.25, 0.3) is 0 Å². The van der Waals surface area contributed by atoms with Crippen LogP contribution in [-0.4, -0.2) is 10.8 Å². The first-order valence-electron chi connectivity index (χ1n) is 11.3. The summed E-state index contributed by atoms with van der Waals surface area (Å²) in [6.45, 7) is 21.1. The van der Waals surface area contributed by atoms with Crippen molar-refractivity contribution in [3.8, 4) is 5.69 Å². The summed E-state index contributed by atoms with van der Waals surface area (Å²) in [6, 6.07) is 16.9. The smallest absolute Gasteiger partial charge is 0.0678 e. The van der Waals surface area contributed by atoms with Crippen LogP contribution in [0.5, 0.6) is 0 Å². The van der Waals surface area contributed by atoms with Crippen molar-refractivity contribution < 1.29 is 0 Å². The van der Waals surface area contributed by atoms with Gasteiger partial charge in [-0.25, -0.2) is 5.01 Å². The van der Waals surface area contributed by atoms with Crippen molar-refractivity contribution in [2.75, 3.05) is 5.01 Å². The molecule has 0 aliphatic carbocycles. The summed E-state index contributed by atoms with van der Waals surface area (Å²) < 4.78 is 2.30. The highest BCUT2D eigenvalue weighted by Gasteiger charge is 2.26. The first kappa shape index (κ1) is 24.2. The number of aromatic nitrogens is 1. The maximum absolute atomic E-state index is 4.69. The number of hydrazone groups is 1. The largest absolute Gasteiger partial charge is 0.317 e. The summed E-state index contributed by atoms with van der Waals surface area (Å²) in [5.74, 6) is 0. The van der Waals surface area contributed by atoms with Gasteiger partial charge in [0.15, 0.2) is 0 Å². The Bertz CT molecular complexity index is 1070. The summed E-state index contributed by atoms with van der Waals surface area (Å²) in [6.07, 6.45) is 3.21. The predicted molar refractivity (Wildman–Crippen MR) is 138 cm³/mol. The molecule has 0 N–H and O–H groups in total. The van der Waals surface area contributed by atoms with Crippen molar-refractivity contribution in [3.05, 3.63) is 88.8 Å². The molecule has 1 aliphatic heterocycles. The van der Waals surface area contributed by atoms with Gasteiger partial charge in [-0.2, -0.15) is 5.10 Å². The van der Waals surface area contributed by atoms with Crippen LogP contribution in [0.4, 0.5) is 5.69 Å². The van der Waals surface area contributed by atoms with Gasteiger partial charge in [-0.3, -0.25) is 0 Å². The van der Waals surface area contributed by atoms with Crippen molar-refractivity contribution >= 4 is 17.6 Å². The van der Waals surface area contributed by atoms with E-state index >= 15 is 0 Å². The Morgan fingerprint density at radius 1 is 0.806 bits per heavy atom. The molecule has 31 heavy (non-hydrogen) atoms. The second kappa shape index (κ2) is 10.8. The number of hydrogen-bond donors (Lipinski definition) is 0. The Labute approximate surface area is 188 Å². The lowest BCUT2D eigenvalue weighted by molar-refractivity contribution is 0.960. The molecular formula is C28H37N3. The second-order valence-electron chi connectivity index (χ2n) is 7.68. The molecule has 0 spiro atoms. The third-order valence-corrected chi connectivity index (χ3v) is 5.04. The van der Waals surface area contributed by atoms with Crippen LogP contribution in [0, 0.1) is 27.7 Å². The van der Waals surface area contributed by atoms with Gasteiger partial charge in [0.2, 0.25) is 0 Å². The lowest BCUT2D eigenvalue weighted by Gasteiger charge is -2.25. The fourth-order valence-electron chi connectivity index (χ4n) is 3.81. The third-order valence-electron chi connectivity index (χ3n) is 5.04. The molecule has 4 rings (SSSR count). The van der Waals surface area contributed by atoms with E-state index in [0.29, 0.717) is 0 Å². The monoisotopic (exact) mass is 415 g/mol. The van der Waals surface area contributed by atoms with E-state index in [1.165, 1.54) is 40.2 Å². The van der Waals surface area contributed by atoms with Gasteiger partial charge in [-0.15, -0.1) is 0 Å². The molecule has 3 aromatic rings. The maximum Gasteiger partial charge on any atom is 0.0678 e. The molecule has 164 valence electrons. The van der Waals surface area contributed by atoms with E-state index in [1.54, 1.807) is 0 Å². The van der Waals surface area contributed by atoms with E-state index in [2.05, 4.69) is 106 Å². The molecule has 2 aromatic carbocycles. The fraction of sp³-hybridized carbons (Fsp3) is 0.321. The summed E-state index contributed by atoms with van der Waals surface area (Å²) in [4.78, 5) is 0. The average Bonchev–Trinajstić information content (AvgIpc) is 3.01. The van der Waals surface area contributed by atoms with E-state index in [1.807, 2.05) is 25.1 Å². The molecule has 0 amide bonds. The van der Waals surface area contributed by atoms with Crippen LogP contribution in [-0.2, 0) is 0 Å². The standard InChI is InChI=1S/C23H23N3.C3H8.C2H6/c1-15-8-6-10-20(12-15)25-17(3)22-14-24-26(19(5)23(22)18(25)4)21-11-7-9-16(2)13-21;1-3-2;1-2/h6-14H,5H2,1-4H3;3H2,1-2H3;1-2H3. The van der Waals surface area contributed by atoms with Crippen LogP contribution in [0.2, 0.25) is 0 Å². The molecule has 1 aliphatic rings. The zero-order valence-electron chi connectivity index (χ0n) is 20.5. The van der Waals surface area contributed by atoms with E-state index in [9.17, 15) is 0 Å². The van der Waals surface area contributed by atoms with E-state index in [4.69, 9.17) is 0 Å². The maximum atomic E-state index is 4.69. The van der Waals surface area contributed by atoms with E-state index in [0.717, 1.165) is 16.9 Å². The van der Waals surface area contributed by atoms with Gasteiger partial charge >= 0.3 is 0 Å². The van der Waals surface area contributed by atoms with E-state index in [-0.39, 0.29) is 0 Å². The SMILES string of the molecule is C=C1c2c(c(C)n(-c3cccc(C)c3)c2C)C=NN1c1cccc(C)c1.CC.CCC. The molecule has 0 saturated carbocycles. The number of fused-ring (bicyclic) bond motifs is 1. The Morgan fingerprint density at radius 2 is 1.32 bits per heavy atom. The summed E-state index contributed by atoms with van der Waals surface area (Å²) in [5.41, 5.74) is 10.3. The molecule has 1 aromatic heterocycles. The molecule has 0 radical (unpaired) electrons. The Balaban J connectivity index is 0.000000630. The minimum atomic E-state index is 0.917. The van der Waals surface area contributed by atoms with Crippen LogP contribution in [0.3, 0.4) is 0 Å². The van der Waals surface area contributed by atoms with Crippen LogP contribution >= 0.6 is 0 Å². The molecule has 0 saturated heterocycles. The lowest BCUT2D eigenvalue weighted by atomic mass is 10.0. The lowest BCUT2D eigenvalue weighted by Crippen LogP contribution is -2.19. The highest BCUT2D eigenvalue weighted by atomic mass is 15.5. The molecule has 0 fully saturated rings. The zero-order valence-corrected chi connectivity index (χ0v) is 20.5. The molecular weight excluding hydrogens is 378 g/mol. The van der Waals surface area contributed by atoms with Crippen molar-refractivity contribution in [1.29, 1.82) is 0 Å². The normalized spacial score (nSPS) is 11.9. The summed E-state index contributed by atoms with van der Waals surface area (Å²) in [7, 11) is 0. The summed E-state index contributed by atoms with van der Waals surface area (Å²) in [5, 5.41) is 6.62. The first-order chi connectivity index (χ1) is 14.9. The molecule has 0 unspecified atom stereocenters. The topological polar surface area (TPSA) is 20.5 Å². The van der Waals surface area contributed by atoms with Gasteiger partial charge in [-0.1, -0.05) is 65.0 Å². The number of nitrogens with zero attached hydrogens (tertiary/aromatic N) is 3. The fourth-order valence-corrected chi connectivity index (χ4v) is 3.81. The van der Waals surface area contributed by atoms with Crippen LogP contribution in [0.1, 0.15) is 67.8 Å². The first-order valence-corrected chi connectivity index (χ1v) is 11.3. The number of benzene rings is 2. The van der Waals surface area contributed by atoms with Crippen molar-refractivity contribution in [2.24, 2.45) is 5.10 Å². The van der Waals surface area contributed by atoms with Crippen LogP contribution in [0.15, 0.2) is 60.2 Å². The number of hydrogen-bond acceptors (Lipinski definition) is 2. The van der Waals surface area contributed by atoms with E-state index < -0.39 is 0 Å². The average molecular weight is 416 g/mol. The second-order valence-corrected chi connectivity index (χ2v) is 7.68. The van der Waals surface area contributed by atoms with Gasteiger partial charge in [-0.05, 0) is 63.1 Å². The number of rotatable bonds is 2. The molecule has 3 heteroatoms. The highest BCUT2D eigenvalue weighted by molar-refractivity contribution is 5.98. The zero-order chi connectivity index (χ0) is 23.1. The minimum absolute atomic E-state index is 0.917. The van der Waals surface area contributed by atoms with Crippen LogP contribution in [0.25, 0.3) is 11.4 Å². The van der Waals surface area contributed by atoms with Gasteiger partial charge in [0, 0.05) is 28.2 Å². The Kier molecular flexibility index (Phi) is 8.44. The van der Waals surface area contributed by atoms with Crippen molar-refractivity contribution in [3.63, 3.8) is 0 Å². The highest BCUT2D eigenvalue weighted by Crippen LogP contribution is 2.36. The minimum Gasteiger partial charge on any atom is -0.317 e. The molecule has 2 heterocycles. The Morgan fingerprint density at radius 3 is 1.87 bits per heavy atom. The van der Waals surface area contributed by atoms with Gasteiger partial charge < -0.3 is 4.57 Å². The molecule has 3 nitrogen and oxygen atoms in total. The Hall–Kier alpha value is -3.07. The van der Waals surface area contributed by atoms with Crippen molar-refractivity contribution in [2.45, 2.75) is 61.8 Å². The van der Waals surface area contributed by atoms with Crippen LogP contribution < -0.4 is 5.01 Å². The van der Waals surface area contributed by atoms with Gasteiger partial charge in [0.05, 0.1) is 17.6 Å². The van der Waals surface area contributed by atoms with Crippen molar-refractivity contribution in [1.82, 2.24) is 4.57 Å². The predicted octanol–water partition coefficient (Wildman–Crippen LogP) is 7.98.